The van der Waals surface area contributed by atoms with E-state index in [1.807, 2.05) is 29.9 Å². The number of morpholine rings is 1. The van der Waals surface area contributed by atoms with Crippen LogP contribution in [0, 0.1) is 6.92 Å². The van der Waals surface area contributed by atoms with Gasteiger partial charge >= 0.3 is 0 Å². The zero-order valence-electron chi connectivity index (χ0n) is 19.1. The summed E-state index contributed by atoms with van der Waals surface area (Å²) in [4.78, 5) is 15.1. The number of hydrogen-bond donors (Lipinski definition) is 2. The number of carbonyl (C=O) groups is 1. The van der Waals surface area contributed by atoms with Crippen LogP contribution >= 0.6 is 0 Å². The Morgan fingerprint density at radius 2 is 1.94 bits per heavy atom. The highest BCUT2D eigenvalue weighted by Crippen LogP contribution is 2.39. The molecule has 7 nitrogen and oxygen atoms in total. The van der Waals surface area contributed by atoms with Crippen LogP contribution in [0.4, 0.5) is 0 Å². The van der Waals surface area contributed by atoms with Gasteiger partial charge in [0.25, 0.3) is 0 Å². The third-order valence-corrected chi connectivity index (χ3v) is 7.15. The van der Waals surface area contributed by atoms with E-state index in [0.29, 0.717) is 19.5 Å². The molecule has 1 aromatic carbocycles. The van der Waals surface area contributed by atoms with Crippen LogP contribution < -0.4 is 5.32 Å². The Balaban J connectivity index is 1.43. The standard InChI is InChI=1S/C25H36N4O3/c1-20-9-13-29(27-20)14-10-24(31)26-19-25(21-5-3-2-4-6-21)11-7-22(23(30)8-12-25)28-15-17-32-18-16-28/h2-6,9,13,22-23,30H,7-8,10-12,14-19H2,1H3,(H,26,31)/t22-,23-,25+/m0/s1. The number of aliphatic hydroxyl groups is 1. The minimum atomic E-state index is -0.350. The fraction of sp³-hybridized carbons (Fsp3) is 0.600. The van der Waals surface area contributed by atoms with Crippen LogP contribution in [0.1, 0.15) is 43.4 Å². The van der Waals surface area contributed by atoms with E-state index in [2.05, 4.69) is 39.6 Å². The monoisotopic (exact) mass is 440 g/mol. The van der Waals surface area contributed by atoms with Crippen molar-refractivity contribution in [2.75, 3.05) is 32.8 Å². The van der Waals surface area contributed by atoms with Crippen LogP contribution in [0.25, 0.3) is 0 Å². The van der Waals surface area contributed by atoms with E-state index in [1.165, 1.54) is 5.56 Å². The van der Waals surface area contributed by atoms with Crippen LogP contribution in [0.5, 0.6) is 0 Å². The molecule has 32 heavy (non-hydrogen) atoms. The number of nitrogens with zero attached hydrogens (tertiary/aromatic N) is 3. The van der Waals surface area contributed by atoms with Crippen LogP contribution in [-0.2, 0) is 21.5 Å². The van der Waals surface area contributed by atoms with Gasteiger partial charge in [-0.1, -0.05) is 30.3 Å². The van der Waals surface area contributed by atoms with Crippen molar-refractivity contribution in [1.82, 2.24) is 20.0 Å². The van der Waals surface area contributed by atoms with Gasteiger partial charge in [0.15, 0.2) is 0 Å². The number of aliphatic hydroxyl groups excluding tert-OH is 1. The van der Waals surface area contributed by atoms with Gasteiger partial charge in [-0.2, -0.15) is 5.10 Å². The Kier molecular flexibility index (Phi) is 7.60. The lowest BCUT2D eigenvalue weighted by molar-refractivity contribution is -0.121. The minimum absolute atomic E-state index is 0.0444. The first kappa shape index (κ1) is 23.0. The van der Waals surface area contributed by atoms with Gasteiger partial charge < -0.3 is 15.2 Å². The molecule has 1 saturated carbocycles. The van der Waals surface area contributed by atoms with E-state index in [4.69, 9.17) is 4.74 Å². The summed E-state index contributed by atoms with van der Waals surface area (Å²) in [6.07, 6.45) is 5.42. The second-order valence-electron chi connectivity index (χ2n) is 9.25. The van der Waals surface area contributed by atoms with Crippen molar-refractivity contribution < 1.29 is 14.6 Å². The van der Waals surface area contributed by atoms with Crippen molar-refractivity contribution in [1.29, 1.82) is 0 Å². The van der Waals surface area contributed by atoms with Gasteiger partial charge in [0.2, 0.25) is 5.91 Å². The average Bonchev–Trinajstić information content (AvgIpc) is 3.17. The number of amides is 1. The molecular weight excluding hydrogens is 404 g/mol. The first-order valence-corrected chi connectivity index (χ1v) is 11.9. The molecule has 1 aliphatic heterocycles. The second-order valence-corrected chi connectivity index (χ2v) is 9.25. The highest BCUT2D eigenvalue weighted by Gasteiger charge is 2.40. The molecule has 1 saturated heterocycles. The fourth-order valence-corrected chi connectivity index (χ4v) is 5.21. The summed E-state index contributed by atoms with van der Waals surface area (Å²) < 4.78 is 7.33. The highest BCUT2D eigenvalue weighted by atomic mass is 16.5. The van der Waals surface area contributed by atoms with Gasteiger partial charge in [0.1, 0.15) is 0 Å². The smallest absolute Gasteiger partial charge is 0.221 e. The lowest BCUT2D eigenvalue weighted by Gasteiger charge is -2.37. The molecule has 0 spiro atoms. The van der Waals surface area contributed by atoms with Crippen molar-refractivity contribution in [3.8, 4) is 0 Å². The van der Waals surface area contributed by atoms with E-state index < -0.39 is 0 Å². The van der Waals surface area contributed by atoms with Crippen LogP contribution in [0.3, 0.4) is 0 Å². The van der Waals surface area contributed by atoms with Gasteiger partial charge in [-0.15, -0.1) is 0 Å². The molecule has 0 unspecified atom stereocenters. The number of benzene rings is 1. The summed E-state index contributed by atoms with van der Waals surface area (Å²) in [5, 5.41) is 18.6. The molecule has 2 aromatic rings. The number of nitrogens with one attached hydrogen (secondary N) is 1. The summed E-state index contributed by atoms with van der Waals surface area (Å²) in [5.41, 5.74) is 2.04. The topological polar surface area (TPSA) is 79.6 Å². The van der Waals surface area contributed by atoms with E-state index in [-0.39, 0.29) is 23.5 Å². The Morgan fingerprint density at radius 3 is 2.66 bits per heavy atom. The Labute approximate surface area is 190 Å². The van der Waals surface area contributed by atoms with Crippen molar-refractivity contribution in [3.05, 3.63) is 53.9 Å². The van der Waals surface area contributed by atoms with Crippen LogP contribution in [-0.4, -0.2) is 70.7 Å². The number of hydrogen-bond acceptors (Lipinski definition) is 5. The number of carbonyl (C=O) groups excluding carboxylic acids is 1. The molecule has 4 rings (SSSR count). The Morgan fingerprint density at radius 1 is 1.19 bits per heavy atom. The number of ether oxygens (including phenoxy) is 1. The zero-order chi connectivity index (χ0) is 22.4. The lowest BCUT2D eigenvalue weighted by Crippen LogP contribution is -2.48. The summed E-state index contributed by atoms with van der Waals surface area (Å²) in [7, 11) is 0. The highest BCUT2D eigenvalue weighted by molar-refractivity contribution is 5.75. The Hall–Kier alpha value is -2.22. The lowest BCUT2D eigenvalue weighted by atomic mass is 9.74. The third kappa shape index (κ3) is 5.57. The maximum atomic E-state index is 12.7. The third-order valence-electron chi connectivity index (χ3n) is 7.15. The molecule has 1 amide bonds. The van der Waals surface area contributed by atoms with Gasteiger partial charge in [0, 0.05) is 50.3 Å². The molecule has 1 aromatic heterocycles. The normalized spacial score (nSPS) is 27.1. The summed E-state index contributed by atoms with van der Waals surface area (Å²) in [5.74, 6) is 0.0444. The first-order valence-electron chi connectivity index (χ1n) is 11.9. The van der Waals surface area contributed by atoms with Crippen molar-refractivity contribution in [2.24, 2.45) is 0 Å². The second kappa shape index (κ2) is 10.6. The van der Waals surface area contributed by atoms with E-state index in [1.54, 1.807) is 0 Å². The average molecular weight is 441 g/mol. The SMILES string of the molecule is Cc1ccn(CCC(=O)NC[C@]2(c3ccccc3)CC[C@H](O)[C@@H](N3CCOCC3)CC2)n1. The van der Waals surface area contributed by atoms with Gasteiger partial charge in [-0.25, -0.2) is 0 Å². The largest absolute Gasteiger partial charge is 0.391 e. The molecule has 1 aliphatic carbocycles. The molecule has 2 heterocycles. The molecule has 0 radical (unpaired) electrons. The minimum Gasteiger partial charge on any atom is -0.391 e. The molecule has 0 bridgehead atoms. The fourth-order valence-electron chi connectivity index (χ4n) is 5.21. The van der Waals surface area contributed by atoms with Crippen molar-refractivity contribution in [2.45, 2.75) is 63.1 Å². The number of rotatable bonds is 7. The van der Waals surface area contributed by atoms with E-state index in [9.17, 15) is 9.90 Å². The van der Waals surface area contributed by atoms with E-state index in [0.717, 1.165) is 57.7 Å². The van der Waals surface area contributed by atoms with Crippen LogP contribution in [0.2, 0.25) is 0 Å². The van der Waals surface area contributed by atoms with Gasteiger partial charge in [-0.3, -0.25) is 14.4 Å². The maximum absolute atomic E-state index is 12.7. The molecule has 2 N–H and O–H groups in total. The Bertz CT molecular complexity index is 865. The summed E-state index contributed by atoms with van der Waals surface area (Å²) in [6, 6.07) is 12.6. The molecule has 2 aliphatic rings. The number of aromatic nitrogens is 2. The maximum Gasteiger partial charge on any atom is 0.221 e. The number of aryl methyl sites for hydroxylation is 2. The van der Waals surface area contributed by atoms with Gasteiger partial charge in [0.05, 0.1) is 25.0 Å². The van der Waals surface area contributed by atoms with E-state index >= 15 is 0 Å². The molecular formula is C25H36N4O3. The van der Waals surface area contributed by atoms with Gasteiger partial charge in [-0.05, 0) is 44.2 Å². The molecule has 7 heteroatoms. The van der Waals surface area contributed by atoms with Crippen molar-refractivity contribution >= 4 is 5.91 Å². The summed E-state index contributed by atoms with van der Waals surface area (Å²) >= 11 is 0. The zero-order valence-corrected chi connectivity index (χ0v) is 19.1. The quantitative estimate of drug-likeness (QED) is 0.646. The molecule has 3 atom stereocenters. The predicted molar refractivity (Wildman–Crippen MR) is 123 cm³/mol. The summed E-state index contributed by atoms with van der Waals surface area (Å²) in [6.45, 7) is 6.35. The first-order chi connectivity index (χ1) is 15.6. The molecule has 2 fully saturated rings. The predicted octanol–water partition coefficient (Wildman–Crippen LogP) is 2.27. The van der Waals surface area contributed by atoms with Crippen molar-refractivity contribution in [3.63, 3.8) is 0 Å². The molecule has 174 valence electrons. The van der Waals surface area contributed by atoms with Crippen LogP contribution in [0.15, 0.2) is 42.6 Å².